The van der Waals surface area contributed by atoms with Crippen molar-refractivity contribution in [3.8, 4) is 17.2 Å². The van der Waals surface area contributed by atoms with Gasteiger partial charge in [-0.25, -0.2) is 4.79 Å². The van der Waals surface area contributed by atoms with Crippen molar-refractivity contribution in [2.24, 2.45) is 0 Å². The summed E-state index contributed by atoms with van der Waals surface area (Å²) in [4.78, 5) is 27.8. The maximum Gasteiger partial charge on any atom is 0.439 e. The number of benzene rings is 2. The quantitative estimate of drug-likeness (QED) is 0.450. The van der Waals surface area contributed by atoms with E-state index in [1.54, 1.807) is 12.1 Å². The maximum atomic E-state index is 13.6. The number of halogens is 3. The Bertz CT molecular complexity index is 1530. The van der Waals surface area contributed by atoms with Crippen LogP contribution in [0.1, 0.15) is 48.2 Å². The summed E-state index contributed by atoms with van der Waals surface area (Å²) >= 11 is 0. The molecule has 1 amide bonds. The van der Waals surface area contributed by atoms with Crippen molar-refractivity contribution < 1.29 is 36.7 Å². The molecule has 2 aliphatic heterocycles. The molecule has 0 bridgehead atoms. The van der Waals surface area contributed by atoms with Crippen LogP contribution in [0.3, 0.4) is 0 Å². The lowest BCUT2D eigenvalue weighted by Crippen LogP contribution is -2.48. The van der Waals surface area contributed by atoms with Crippen molar-refractivity contribution in [2.45, 2.75) is 43.8 Å². The molecule has 12 heteroatoms. The summed E-state index contributed by atoms with van der Waals surface area (Å²) < 4.78 is 59.0. The number of rotatable bonds is 6. The molecule has 3 aromatic rings. The highest BCUT2D eigenvalue weighted by atomic mass is 19.4. The lowest BCUT2D eigenvalue weighted by atomic mass is 9.77. The third kappa shape index (κ3) is 4.86. The van der Waals surface area contributed by atoms with Gasteiger partial charge in [0, 0.05) is 12.8 Å². The van der Waals surface area contributed by atoms with Crippen LogP contribution >= 0.6 is 0 Å². The number of fused-ring (bicyclic) bond motifs is 3. The molecule has 1 spiro atoms. The van der Waals surface area contributed by atoms with E-state index in [-0.39, 0.29) is 24.4 Å². The van der Waals surface area contributed by atoms with Gasteiger partial charge in [-0.1, -0.05) is 17.3 Å². The predicted molar refractivity (Wildman–Crippen MR) is 131 cm³/mol. The van der Waals surface area contributed by atoms with Crippen LogP contribution in [0.5, 0.6) is 17.2 Å². The normalized spacial score (nSPS) is 20.2. The number of alkyl halides is 3. The Balaban J connectivity index is 1.34. The van der Waals surface area contributed by atoms with Crippen molar-refractivity contribution in [1.82, 2.24) is 15.5 Å². The van der Waals surface area contributed by atoms with Gasteiger partial charge in [0.05, 0.1) is 17.7 Å². The molecule has 0 saturated heterocycles. The van der Waals surface area contributed by atoms with E-state index in [4.69, 9.17) is 14.2 Å². The number of carbonyl (C=O) groups excluding carboxylic acids is 1. The Morgan fingerprint density at radius 2 is 1.87 bits per heavy atom. The lowest BCUT2D eigenvalue weighted by Gasteiger charge is -2.38. The second-order valence-corrected chi connectivity index (χ2v) is 9.75. The van der Waals surface area contributed by atoms with Gasteiger partial charge in [0.15, 0.2) is 17.3 Å². The van der Waals surface area contributed by atoms with Gasteiger partial charge in [-0.3, -0.25) is 14.3 Å². The predicted octanol–water partition coefficient (Wildman–Crippen LogP) is 4.13. The summed E-state index contributed by atoms with van der Waals surface area (Å²) in [5.41, 5.74) is 2.68. The van der Waals surface area contributed by atoms with E-state index >= 15 is 0 Å². The van der Waals surface area contributed by atoms with Crippen LogP contribution in [0.4, 0.5) is 13.2 Å². The van der Waals surface area contributed by atoms with Crippen LogP contribution in [0, 0.1) is 0 Å². The van der Waals surface area contributed by atoms with E-state index in [2.05, 4.69) is 20.0 Å². The molecule has 3 heterocycles. The molecule has 1 aromatic heterocycles. The third-order valence-corrected chi connectivity index (χ3v) is 7.21. The fraction of sp³-hybridized carbons (Fsp3) is 0.370. The molecule has 0 saturated carbocycles. The van der Waals surface area contributed by atoms with Crippen LogP contribution in [0.2, 0.25) is 0 Å². The number of hydrogen-bond acceptors (Lipinski definition) is 7. The number of nitrogens with zero attached hydrogens (tertiary/aromatic N) is 1. The van der Waals surface area contributed by atoms with Gasteiger partial charge in [-0.2, -0.15) is 13.2 Å². The van der Waals surface area contributed by atoms with E-state index in [1.807, 2.05) is 24.3 Å². The molecular weight excluding hydrogens is 519 g/mol. The van der Waals surface area contributed by atoms with Gasteiger partial charge in [-0.15, -0.1) is 0 Å². The summed E-state index contributed by atoms with van der Waals surface area (Å²) in [7, 11) is 0. The lowest BCUT2D eigenvalue weighted by molar-refractivity contribution is -0.136. The summed E-state index contributed by atoms with van der Waals surface area (Å²) in [6.45, 7) is 0.796. The van der Waals surface area contributed by atoms with Crippen molar-refractivity contribution in [1.29, 1.82) is 0 Å². The van der Waals surface area contributed by atoms with E-state index in [0.29, 0.717) is 60.9 Å². The summed E-state index contributed by atoms with van der Waals surface area (Å²) in [5.74, 6) is 0.470. The fourth-order valence-corrected chi connectivity index (χ4v) is 5.51. The van der Waals surface area contributed by atoms with Crippen LogP contribution in [0.15, 0.2) is 45.7 Å². The highest BCUT2D eigenvalue weighted by Gasteiger charge is 2.46. The largest absolute Gasteiger partial charge is 0.494 e. The minimum atomic E-state index is -4.22. The number of nitrogens with one attached hydrogen (secondary N) is 2. The fourth-order valence-electron chi connectivity index (χ4n) is 5.51. The molecule has 1 atom stereocenters. The summed E-state index contributed by atoms with van der Waals surface area (Å²) in [6, 6.07) is 10.8. The van der Waals surface area contributed by atoms with Gasteiger partial charge in [0.25, 0.3) is 5.91 Å². The average molecular weight is 543 g/mol. The van der Waals surface area contributed by atoms with E-state index in [9.17, 15) is 22.8 Å². The molecule has 9 nitrogen and oxygen atoms in total. The van der Waals surface area contributed by atoms with Crippen molar-refractivity contribution in [3.05, 3.63) is 69.5 Å². The number of carbonyl (C=O) groups is 1. The standard InChI is InChI=1S/C27H24F3N3O6/c28-27(29,30)7-1-9-36-17-3-4-19-16(12-17)6-8-26(19)14-18(15-2-5-20-21(13-15)38-11-10-37-20)22(24(34)32-26)23-31-25(35)39-33-23/h2-5,12-13H,1,6-11,14H2,(H,32,34)(H,31,33,35)/t26-/m0/s1. The zero-order chi connectivity index (χ0) is 27.2. The molecule has 39 heavy (non-hydrogen) atoms. The maximum absolute atomic E-state index is 13.6. The molecule has 0 unspecified atom stereocenters. The first-order valence-corrected chi connectivity index (χ1v) is 12.6. The van der Waals surface area contributed by atoms with Gasteiger partial charge >= 0.3 is 11.9 Å². The first-order valence-electron chi connectivity index (χ1n) is 12.6. The van der Waals surface area contributed by atoms with Gasteiger partial charge in [-0.05, 0) is 65.8 Å². The van der Waals surface area contributed by atoms with Crippen LogP contribution in [-0.2, 0) is 16.8 Å². The number of aryl methyl sites for hydroxylation is 1. The second kappa shape index (κ2) is 9.51. The Morgan fingerprint density at radius 1 is 1.05 bits per heavy atom. The number of aromatic nitrogens is 2. The topological polar surface area (TPSA) is 116 Å². The van der Waals surface area contributed by atoms with Crippen LogP contribution in [0.25, 0.3) is 11.1 Å². The second-order valence-electron chi connectivity index (χ2n) is 9.75. The summed E-state index contributed by atoms with van der Waals surface area (Å²) in [5, 5.41) is 6.90. The molecule has 2 aromatic carbocycles. The number of amides is 1. The molecule has 0 radical (unpaired) electrons. The highest BCUT2D eigenvalue weighted by Crippen LogP contribution is 2.49. The smallest absolute Gasteiger partial charge is 0.439 e. The summed E-state index contributed by atoms with van der Waals surface area (Å²) in [6.07, 6.45) is -3.62. The number of H-pyrrole nitrogens is 1. The molecule has 204 valence electrons. The van der Waals surface area contributed by atoms with Gasteiger partial charge in [0.2, 0.25) is 0 Å². The minimum absolute atomic E-state index is 0.0260. The number of ether oxygens (including phenoxy) is 3. The zero-order valence-electron chi connectivity index (χ0n) is 20.7. The average Bonchev–Trinajstić information content (AvgIpc) is 3.48. The van der Waals surface area contributed by atoms with Crippen LogP contribution in [-0.4, -0.2) is 42.0 Å². The monoisotopic (exact) mass is 543 g/mol. The van der Waals surface area contributed by atoms with Crippen molar-refractivity contribution >= 4 is 17.1 Å². The SMILES string of the molecule is O=C1N[C@@]2(CCc3cc(OCCCC(F)(F)F)ccc32)CC(c2ccc3c(c2)OCCO3)=C1c1noc(=O)[nH]1. The van der Waals surface area contributed by atoms with E-state index in [1.165, 1.54) is 0 Å². The highest BCUT2D eigenvalue weighted by molar-refractivity contribution is 6.27. The van der Waals surface area contributed by atoms with Crippen molar-refractivity contribution in [2.75, 3.05) is 19.8 Å². The van der Waals surface area contributed by atoms with Crippen LogP contribution < -0.4 is 25.3 Å². The Hall–Kier alpha value is -4.22. The Kier molecular flexibility index (Phi) is 6.12. The number of aromatic amines is 1. The molecule has 2 N–H and O–H groups in total. The Morgan fingerprint density at radius 3 is 2.64 bits per heavy atom. The first-order chi connectivity index (χ1) is 18.7. The molecular formula is C27H24F3N3O6. The van der Waals surface area contributed by atoms with Gasteiger partial charge < -0.3 is 19.5 Å². The molecule has 0 fully saturated rings. The molecule has 1 aliphatic carbocycles. The molecule has 6 rings (SSSR count). The first kappa shape index (κ1) is 25.1. The zero-order valence-corrected chi connectivity index (χ0v) is 20.7. The number of hydrogen-bond donors (Lipinski definition) is 2. The van der Waals surface area contributed by atoms with E-state index < -0.39 is 29.8 Å². The third-order valence-electron chi connectivity index (χ3n) is 7.21. The minimum Gasteiger partial charge on any atom is -0.494 e. The van der Waals surface area contributed by atoms with E-state index in [0.717, 1.165) is 11.1 Å². The van der Waals surface area contributed by atoms with Gasteiger partial charge in [0.1, 0.15) is 19.0 Å². The van der Waals surface area contributed by atoms with Crippen molar-refractivity contribution in [3.63, 3.8) is 0 Å². The molecule has 3 aliphatic rings. The Labute approximate surface area is 219 Å².